The van der Waals surface area contributed by atoms with Crippen LogP contribution in [0.25, 0.3) is 0 Å². The highest BCUT2D eigenvalue weighted by Crippen LogP contribution is 2.24. The van der Waals surface area contributed by atoms with Crippen molar-refractivity contribution in [1.82, 2.24) is 10.2 Å². The molecule has 0 amide bonds. The Morgan fingerprint density at radius 2 is 1.86 bits per heavy atom. The van der Waals surface area contributed by atoms with E-state index in [1.165, 1.54) is 38.8 Å². The van der Waals surface area contributed by atoms with Crippen molar-refractivity contribution in [1.29, 1.82) is 0 Å². The van der Waals surface area contributed by atoms with Crippen LogP contribution in [-0.2, 0) is 0 Å². The molecule has 1 fully saturated rings. The van der Waals surface area contributed by atoms with E-state index in [1.54, 1.807) is 0 Å². The number of likely N-dealkylation sites (tertiary alicyclic amines) is 1. The van der Waals surface area contributed by atoms with Crippen LogP contribution >= 0.6 is 0 Å². The van der Waals surface area contributed by atoms with Crippen LogP contribution in [0.3, 0.4) is 0 Å². The van der Waals surface area contributed by atoms with E-state index in [-0.39, 0.29) is 0 Å². The molecule has 14 heavy (non-hydrogen) atoms. The van der Waals surface area contributed by atoms with Gasteiger partial charge in [0, 0.05) is 24.7 Å². The number of hydrogen-bond donors (Lipinski definition) is 1. The molecule has 0 unspecified atom stereocenters. The van der Waals surface area contributed by atoms with Gasteiger partial charge in [-0.25, -0.2) is 0 Å². The van der Waals surface area contributed by atoms with Gasteiger partial charge in [-0.1, -0.05) is 13.3 Å². The molecule has 1 saturated heterocycles. The minimum atomic E-state index is 0.410. The van der Waals surface area contributed by atoms with Gasteiger partial charge in [0.25, 0.3) is 0 Å². The van der Waals surface area contributed by atoms with E-state index < -0.39 is 0 Å². The first kappa shape index (κ1) is 12.0. The molecule has 1 aliphatic heterocycles. The predicted octanol–water partition coefficient (Wildman–Crippen LogP) is 2.25. The van der Waals surface area contributed by atoms with Crippen molar-refractivity contribution < 1.29 is 0 Å². The minimum absolute atomic E-state index is 0.410. The van der Waals surface area contributed by atoms with E-state index in [2.05, 4.69) is 38.0 Å². The third-order valence-electron chi connectivity index (χ3n) is 3.62. The average molecular weight is 198 g/mol. The Bertz CT molecular complexity index is 158. The summed E-state index contributed by atoms with van der Waals surface area (Å²) < 4.78 is 0. The fourth-order valence-electron chi connectivity index (χ4n) is 2.54. The lowest BCUT2D eigenvalue weighted by atomic mass is 9.92. The van der Waals surface area contributed by atoms with Crippen molar-refractivity contribution in [3.05, 3.63) is 0 Å². The maximum absolute atomic E-state index is 3.38. The summed E-state index contributed by atoms with van der Waals surface area (Å²) >= 11 is 0. The molecule has 1 heterocycles. The fraction of sp³-hybridized carbons (Fsp3) is 1.00. The van der Waals surface area contributed by atoms with Crippen molar-refractivity contribution in [2.45, 2.75) is 58.0 Å². The van der Waals surface area contributed by atoms with Gasteiger partial charge in [-0.2, -0.15) is 0 Å². The Morgan fingerprint density at radius 1 is 1.29 bits per heavy atom. The van der Waals surface area contributed by atoms with E-state index in [1.807, 2.05) is 0 Å². The Hall–Kier alpha value is -0.0800. The monoisotopic (exact) mass is 198 g/mol. The van der Waals surface area contributed by atoms with Gasteiger partial charge in [-0.05, 0) is 40.2 Å². The number of nitrogens with one attached hydrogen (secondary N) is 1. The average Bonchev–Trinajstić information content (AvgIpc) is 2.18. The summed E-state index contributed by atoms with van der Waals surface area (Å²) in [7, 11) is 2.08. The largest absolute Gasteiger partial charge is 0.317 e. The smallest absolute Gasteiger partial charge is 0.0153 e. The highest BCUT2D eigenvalue weighted by molar-refractivity contribution is 4.86. The highest BCUT2D eigenvalue weighted by atomic mass is 15.2. The lowest BCUT2D eigenvalue weighted by Gasteiger charge is -2.43. The van der Waals surface area contributed by atoms with Crippen LogP contribution in [0.5, 0.6) is 0 Å². The van der Waals surface area contributed by atoms with E-state index in [0.717, 1.165) is 6.04 Å². The zero-order valence-electron chi connectivity index (χ0n) is 10.3. The number of nitrogens with zero attached hydrogens (tertiary/aromatic N) is 1. The molecule has 1 N–H and O–H groups in total. The second-order valence-corrected chi connectivity index (χ2v) is 5.11. The summed E-state index contributed by atoms with van der Waals surface area (Å²) in [5, 5.41) is 3.38. The first-order valence-electron chi connectivity index (χ1n) is 6.02. The molecule has 0 aromatic heterocycles. The molecule has 0 atom stereocenters. The highest BCUT2D eigenvalue weighted by Gasteiger charge is 2.29. The van der Waals surface area contributed by atoms with Gasteiger partial charge >= 0.3 is 0 Å². The van der Waals surface area contributed by atoms with Crippen molar-refractivity contribution in [3.8, 4) is 0 Å². The Balaban J connectivity index is 2.40. The standard InChI is InChI=1S/C12H26N2/c1-5-8-12(2,3)14-9-6-11(13-4)7-10-14/h11,13H,5-10H2,1-4H3. The molecule has 0 aliphatic carbocycles. The van der Waals surface area contributed by atoms with E-state index in [4.69, 9.17) is 0 Å². The van der Waals surface area contributed by atoms with Crippen LogP contribution < -0.4 is 5.32 Å². The minimum Gasteiger partial charge on any atom is -0.317 e. The molecular weight excluding hydrogens is 172 g/mol. The van der Waals surface area contributed by atoms with Gasteiger partial charge in [0.1, 0.15) is 0 Å². The lowest BCUT2D eigenvalue weighted by Crippen LogP contribution is -2.50. The van der Waals surface area contributed by atoms with Gasteiger partial charge < -0.3 is 5.32 Å². The summed E-state index contributed by atoms with van der Waals surface area (Å²) in [4.78, 5) is 2.66. The summed E-state index contributed by atoms with van der Waals surface area (Å²) in [5.41, 5.74) is 0.410. The maximum atomic E-state index is 3.38. The zero-order chi connectivity index (χ0) is 10.6. The summed E-state index contributed by atoms with van der Waals surface area (Å²) in [6.07, 6.45) is 5.23. The van der Waals surface area contributed by atoms with E-state index >= 15 is 0 Å². The normalized spacial score (nSPS) is 21.4. The Morgan fingerprint density at radius 3 is 2.29 bits per heavy atom. The molecule has 1 rings (SSSR count). The van der Waals surface area contributed by atoms with Gasteiger partial charge in [0.05, 0.1) is 0 Å². The number of rotatable bonds is 4. The quantitative estimate of drug-likeness (QED) is 0.745. The number of hydrogen-bond acceptors (Lipinski definition) is 2. The molecule has 0 saturated carbocycles. The summed E-state index contributed by atoms with van der Waals surface area (Å²) in [6, 6.07) is 0.753. The van der Waals surface area contributed by atoms with Crippen LogP contribution in [0.1, 0.15) is 46.5 Å². The van der Waals surface area contributed by atoms with Crippen LogP contribution in [0.2, 0.25) is 0 Å². The molecule has 1 aliphatic rings. The molecule has 2 heteroatoms. The zero-order valence-corrected chi connectivity index (χ0v) is 10.3. The van der Waals surface area contributed by atoms with Gasteiger partial charge in [-0.3, -0.25) is 4.90 Å². The lowest BCUT2D eigenvalue weighted by molar-refractivity contribution is 0.0768. The first-order valence-corrected chi connectivity index (χ1v) is 6.02. The SMILES string of the molecule is CCCC(C)(C)N1CCC(NC)CC1. The summed E-state index contributed by atoms with van der Waals surface area (Å²) in [6.45, 7) is 9.57. The topological polar surface area (TPSA) is 15.3 Å². The molecule has 0 radical (unpaired) electrons. The molecule has 0 aromatic carbocycles. The first-order chi connectivity index (χ1) is 6.60. The maximum Gasteiger partial charge on any atom is 0.0153 e. The van der Waals surface area contributed by atoms with Crippen LogP contribution in [0, 0.1) is 0 Å². The van der Waals surface area contributed by atoms with Crippen LogP contribution in [0.4, 0.5) is 0 Å². The van der Waals surface area contributed by atoms with Crippen molar-refractivity contribution in [2.24, 2.45) is 0 Å². The molecule has 0 bridgehead atoms. The molecule has 84 valence electrons. The summed E-state index contributed by atoms with van der Waals surface area (Å²) in [5.74, 6) is 0. The second kappa shape index (κ2) is 5.13. The van der Waals surface area contributed by atoms with Crippen molar-refractivity contribution in [3.63, 3.8) is 0 Å². The predicted molar refractivity (Wildman–Crippen MR) is 62.6 cm³/mol. The van der Waals surface area contributed by atoms with Crippen molar-refractivity contribution >= 4 is 0 Å². The van der Waals surface area contributed by atoms with E-state index in [0.29, 0.717) is 5.54 Å². The third-order valence-corrected chi connectivity index (χ3v) is 3.62. The Kier molecular flexibility index (Phi) is 4.39. The molecule has 2 nitrogen and oxygen atoms in total. The van der Waals surface area contributed by atoms with Gasteiger partial charge in [0.2, 0.25) is 0 Å². The molecule has 0 spiro atoms. The second-order valence-electron chi connectivity index (χ2n) is 5.11. The third kappa shape index (κ3) is 2.96. The molecule has 0 aromatic rings. The van der Waals surface area contributed by atoms with Crippen LogP contribution in [-0.4, -0.2) is 36.6 Å². The van der Waals surface area contributed by atoms with Crippen molar-refractivity contribution in [2.75, 3.05) is 20.1 Å². The van der Waals surface area contributed by atoms with Crippen LogP contribution in [0.15, 0.2) is 0 Å². The van der Waals surface area contributed by atoms with Gasteiger partial charge in [-0.15, -0.1) is 0 Å². The number of piperidine rings is 1. The Labute approximate surface area is 89.1 Å². The van der Waals surface area contributed by atoms with Gasteiger partial charge in [0.15, 0.2) is 0 Å². The van der Waals surface area contributed by atoms with E-state index in [9.17, 15) is 0 Å². The fourth-order valence-corrected chi connectivity index (χ4v) is 2.54. The molecular formula is C12H26N2.